The van der Waals surface area contributed by atoms with Crippen LogP contribution in [0.15, 0.2) is 42.5 Å². The van der Waals surface area contributed by atoms with E-state index in [1.165, 1.54) is 6.07 Å². The minimum absolute atomic E-state index is 0.0722. The zero-order valence-corrected chi connectivity index (χ0v) is 9.91. The molecule has 0 aromatic heterocycles. The van der Waals surface area contributed by atoms with Gasteiger partial charge in [-0.15, -0.1) is 0 Å². The molecule has 0 unspecified atom stereocenters. The number of ketones is 1. The van der Waals surface area contributed by atoms with E-state index in [2.05, 4.69) is 0 Å². The van der Waals surface area contributed by atoms with Crippen molar-refractivity contribution in [3.05, 3.63) is 70.8 Å². The molecule has 2 aromatic carbocycles. The molecule has 0 saturated heterocycles. The Labute approximate surface area is 104 Å². The van der Waals surface area contributed by atoms with Gasteiger partial charge in [0.1, 0.15) is 11.6 Å². The lowest BCUT2D eigenvalue weighted by atomic mass is 10.0. The topological polar surface area (TPSA) is 17.1 Å². The average molecular weight is 246 g/mol. The summed E-state index contributed by atoms with van der Waals surface area (Å²) in [5.74, 6) is -1.84. The van der Waals surface area contributed by atoms with E-state index in [-0.39, 0.29) is 17.8 Å². The number of hydrogen-bond acceptors (Lipinski definition) is 1. The van der Waals surface area contributed by atoms with E-state index in [0.29, 0.717) is 0 Å². The van der Waals surface area contributed by atoms with E-state index in [4.69, 9.17) is 0 Å². The summed E-state index contributed by atoms with van der Waals surface area (Å²) in [7, 11) is 0. The van der Waals surface area contributed by atoms with Gasteiger partial charge in [0, 0.05) is 12.5 Å². The van der Waals surface area contributed by atoms with Crippen LogP contribution in [-0.4, -0.2) is 5.78 Å². The fraction of sp³-hybridized carbons (Fsp3) is 0.133. The van der Waals surface area contributed by atoms with Crippen molar-refractivity contribution in [2.75, 3.05) is 0 Å². The Morgan fingerprint density at radius 3 is 2.33 bits per heavy atom. The van der Waals surface area contributed by atoms with Gasteiger partial charge in [-0.2, -0.15) is 0 Å². The van der Waals surface area contributed by atoms with Crippen molar-refractivity contribution in [1.29, 1.82) is 0 Å². The van der Waals surface area contributed by atoms with Gasteiger partial charge in [-0.1, -0.05) is 29.8 Å². The van der Waals surface area contributed by atoms with E-state index in [1.807, 2.05) is 31.2 Å². The van der Waals surface area contributed by atoms with Crippen molar-refractivity contribution in [3.8, 4) is 0 Å². The number of halogens is 2. The molecule has 0 saturated carbocycles. The van der Waals surface area contributed by atoms with Crippen molar-refractivity contribution in [2.45, 2.75) is 13.3 Å². The fourth-order valence-electron chi connectivity index (χ4n) is 1.70. The predicted molar refractivity (Wildman–Crippen MR) is 65.6 cm³/mol. The van der Waals surface area contributed by atoms with Crippen molar-refractivity contribution in [2.24, 2.45) is 0 Å². The second-order valence-electron chi connectivity index (χ2n) is 4.21. The van der Waals surface area contributed by atoms with Crippen LogP contribution in [0.1, 0.15) is 21.5 Å². The molecule has 2 aromatic rings. The Morgan fingerprint density at radius 2 is 1.72 bits per heavy atom. The summed E-state index contributed by atoms with van der Waals surface area (Å²) in [5, 5.41) is 0. The maximum atomic E-state index is 13.4. The van der Waals surface area contributed by atoms with Crippen molar-refractivity contribution >= 4 is 5.78 Å². The number of carbonyl (C=O) groups is 1. The molecule has 0 aliphatic rings. The monoisotopic (exact) mass is 246 g/mol. The van der Waals surface area contributed by atoms with Crippen molar-refractivity contribution < 1.29 is 13.6 Å². The van der Waals surface area contributed by atoms with Gasteiger partial charge in [0.25, 0.3) is 0 Å². The molecule has 18 heavy (non-hydrogen) atoms. The molecule has 1 nitrogen and oxygen atoms in total. The highest BCUT2D eigenvalue weighted by atomic mass is 19.1. The van der Waals surface area contributed by atoms with Gasteiger partial charge in [0.15, 0.2) is 5.78 Å². The molecule has 0 fully saturated rings. The molecule has 0 N–H and O–H groups in total. The third-order valence-corrected chi connectivity index (χ3v) is 2.72. The Morgan fingerprint density at radius 1 is 1.06 bits per heavy atom. The number of carbonyl (C=O) groups excluding carboxylic acids is 1. The first kappa shape index (κ1) is 12.4. The van der Waals surface area contributed by atoms with E-state index >= 15 is 0 Å². The lowest BCUT2D eigenvalue weighted by molar-refractivity contribution is 0.0989. The van der Waals surface area contributed by atoms with Gasteiger partial charge in [-0.05, 0) is 24.6 Å². The Balaban J connectivity index is 2.19. The Kier molecular flexibility index (Phi) is 3.51. The zero-order valence-electron chi connectivity index (χ0n) is 9.91. The zero-order chi connectivity index (χ0) is 13.1. The summed E-state index contributed by atoms with van der Waals surface area (Å²) in [4.78, 5) is 11.9. The molecule has 0 aliphatic carbocycles. The van der Waals surface area contributed by atoms with Crippen LogP contribution in [0, 0.1) is 18.6 Å². The van der Waals surface area contributed by atoms with E-state index in [1.54, 1.807) is 0 Å². The quantitative estimate of drug-likeness (QED) is 0.755. The number of hydrogen-bond donors (Lipinski definition) is 0. The van der Waals surface area contributed by atoms with Gasteiger partial charge in [-0.25, -0.2) is 8.78 Å². The SMILES string of the molecule is Cc1ccc(CC(=O)c2ccc(F)cc2F)cc1. The summed E-state index contributed by atoms with van der Waals surface area (Å²) in [6.07, 6.45) is 0.114. The van der Waals surface area contributed by atoms with E-state index in [9.17, 15) is 13.6 Å². The first-order chi connectivity index (χ1) is 8.56. The summed E-state index contributed by atoms with van der Waals surface area (Å²) in [5.41, 5.74) is 1.84. The van der Waals surface area contributed by atoms with Gasteiger partial charge in [0.2, 0.25) is 0 Å². The van der Waals surface area contributed by atoms with E-state index < -0.39 is 11.6 Å². The second-order valence-corrected chi connectivity index (χ2v) is 4.21. The molecule has 0 heterocycles. The first-order valence-corrected chi connectivity index (χ1v) is 5.60. The largest absolute Gasteiger partial charge is 0.294 e. The fourth-order valence-corrected chi connectivity index (χ4v) is 1.70. The molecular formula is C15H12F2O. The van der Waals surface area contributed by atoms with Crippen LogP contribution in [-0.2, 0) is 6.42 Å². The smallest absolute Gasteiger partial charge is 0.170 e. The summed E-state index contributed by atoms with van der Waals surface area (Å²) >= 11 is 0. The molecule has 0 radical (unpaired) electrons. The van der Waals surface area contributed by atoms with Crippen LogP contribution in [0.25, 0.3) is 0 Å². The third-order valence-electron chi connectivity index (χ3n) is 2.72. The van der Waals surface area contributed by atoms with Crippen LogP contribution in [0.4, 0.5) is 8.78 Å². The molecule has 3 heteroatoms. The van der Waals surface area contributed by atoms with Crippen LogP contribution in [0.5, 0.6) is 0 Å². The summed E-state index contributed by atoms with van der Waals surface area (Å²) < 4.78 is 26.1. The highest BCUT2D eigenvalue weighted by Crippen LogP contribution is 2.13. The molecule has 92 valence electrons. The van der Waals surface area contributed by atoms with E-state index in [0.717, 1.165) is 23.3 Å². The summed E-state index contributed by atoms with van der Waals surface area (Å²) in [6.45, 7) is 1.95. The number of benzene rings is 2. The number of rotatable bonds is 3. The number of Topliss-reactive ketones (excluding diaryl/α,β-unsaturated/α-hetero) is 1. The van der Waals surface area contributed by atoms with Crippen molar-refractivity contribution in [3.63, 3.8) is 0 Å². The standard InChI is InChI=1S/C15H12F2O/c1-10-2-4-11(5-3-10)8-15(18)13-7-6-12(16)9-14(13)17/h2-7,9H,8H2,1H3. The third kappa shape index (κ3) is 2.80. The lowest BCUT2D eigenvalue weighted by Crippen LogP contribution is -2.06. The van der Waals surface area contributed by atoms with Gasteiger partial charge in [-0.3, -0.25) is 4.79 Å². The van der Waals surface area contributed by atoms with Gasteiger partial charge in [0.05, 0.1) is 5.56 Å². The van der Waals surface area contributed by atoms with Crippen LogP contribution in [0.3, 0.4) is 0 Å². The number of aryl methyl sites for hydroxylation is 1. The molecular weight excluding hydrogens is 234 g/mol. The van der Waals surface area contributed by atoms with Gasteiger partial charge < -0.3 is 0 Å². The predicted octanol–water partition coefficient (Wildman–Crippen LogP) is 3.70. The minimum Gasteiger partial charge on any atom is -0.294 e. The molecule has 0 spiro atoms. The molecule has 0 amide bonds. The highest BCUT2D eigenvalue weighted by molar-refractivity contribution is 5.97. The highest BCUT2D eigenvalue weighted by Gasteiger charge is 2.12. The summed E-state index contributed by atoms with van der Waals surface area (Å²) in [6, 6.07) is 10.4. The minimum atomic E-state index is -0.813. The molecule has 2 rings (SSSR count). The Hall–Kier alpha value is -2.03. The van der Waals surface area contributed by atoms with Crippen LogP contribution >= 0.6 is 0 Å². The van der Waals surface area contributed by atoms with Crippen LogP contribution in [0.2, 0.25) is 0 Å². The molecule has 0 atom stereocenters. The normalized spacial score (nSPS) is 10.4. The van der Waals surface area contributed by atoms with Gasteiger partial charge >= 0.3 is 0 Å². The molecule has 0 bridgehead atoms. The second kappa shape index (κ2) is 5.08. The molecule has 0 aliphatic heterocycles. The average Bonchev–Trinajstić information content (AvgIpc) is 2.32. The van der Waals surface area contributed by atoms with Crippen molar-refractivity contribution in [1.82, 2.24) is 0 Å². The maximum Gasteiger partial charge on any atom is 0.170 e. The maximum absolute atomic E-state index is 13.4. The van der Waals surface area contributed by atoms with Crippen LogP contribution < -0.4 is 0 Å². The first-order valence-electron chi connectivity index (χ1n) is 5.60. The Bertz CT molecular complexity index is 574. The lowest BCUT2D eigenvalue weighted by Gasteiger charge is -2.03.